The quantitative estimate of drug-likeness (QED) is 0.569. The molecular formula is C20H22F2N4O. The molecule has 2 aromatic carbocycles. The molecule has 5 N–H and O–H groups in total. The van der Waals surface area contributed by atoms with Crippen LogP contribution in [0, 0.1) is 0 Å². The molecule has 1 aliphatic rings. The lowest BCUT2D eigenvalue weighted by molar-refractivity contribution is -0.0921. The molecule has 1 unspecified atom stereocenters. The van der Waals surface area contributed by atoms with Gasteiger partial charge in [0.25, 0.3) is 11.8 Å². The molecule has 0 radical (unpaired) electrons. The number of nitrogens with two attached hydrogens (primary N) is 2. The summed E-state index contributed by atoms with van der Waals surface area (Å²) >= 11 is 0. The van der Waals surface area contributed by atoms with E-state index < -0.39 is 17.2 Å². The van der Waals surface area contributed by atoms with Gasteiger partial charge in [0.1, 0.15) is 0 Å². The van der Waals surface area contributed by atoms with Gasteiger partial charge in [-0.05, 0) is 30.7 Å². The number of rotatable bonds is 4. The van der Waals surface area contributed by atoms with E-state index in [1.54, 1.807) is 49.4 Å². The number of carbonyl (C=O) groups excluding carboxylic acids is 1. The third-order valence-corrected chi connectivity index (χ3v) is 5.16. The van der Waals surface area contributed by atoms with Crippen molar-refractivity contribution in [2.24, 2.45) is 10.7 Å². The van der Waals surface area contributed by atoms with Crippen LogP contribution >= 0.6 is 0 Å². The lowest BCUT2D eigenvalue weighted by Crippen LogP contribution is -2.55. The Bertz CT molecular complexity index is 880. The van der Waals surface area contributed by atoms with Gasteiger partial charge in [-0.2, -0.15) is 0 Å². The molecule has 1 aliphatic heterocycles. The van der Waals surface area contributed by atoms with Crippen LogP contribution in [0.3, 0.4) is 0 Å². The Labute approximate surface area is 156 Å². The molecule has 7 heteroatoms. The van der Waals surface area contributed by atoms with Crippen molar-refractivity contribution in [1.82, 2.24) is 5.32 Å². The molecule has 1 amide bonds. The number of halogens is 2. The summed E-state index contributed by atoms with van der Waals surface area (Å²) in [6.45, 7) is 2.11. The number of para-hydroxylation sites is 1. The first-order chi connectivity index (χ1) is 12.7. The summed E-state index contributed by atoms with van der Waals surface area (Å²) in [5, 5.41) is 3.05. The van der Waals surface area contributed by atoms with Crippen molar-refractivity contribution in [3.8, 4) is 0 Å². The number of benzene rings is 2. The molecule has 0 bridgehead atoms. The number of nitrogens with one attached hydrogen (secondary N) is 1. The van der Waals surface area contributed by atoms with Crippen LogP contribution in [0.4, 0.5) is 20.2 Å². The number of piperidine rings is 1. The summed E-state index contributed by atoms with van der Waals surface area (Å²) in [7, 11) is 0. The molecule has 0 aromatic heterocycles. The predicted octanol–water partition coefficient (Wildman–Crippen LogP) is 3.00. The van der Waals surface area contributed by atoms with Crippen LogP contribution in [0.1, 0.15) is 34.8 Å². The minimum absolute atomic E-state index is 0.182. The zero-order valence-corrected chi connectivity index (χ0v) is 15.0. The Morgan fingerprint density at radius 2 is 1.93 bits per heavy atom. The van der Waals surface area contributed by atoms with E-state index in [-0.39, 0.29) is 24.2 Å². The molecule has 5 nitrogen and oxygen atoms in total. The van der Waals surface area contributed by atoms with Gasteiger partial charge in [0.2, 0.25) is 0 Å². The van der Waals surface area contributed by atoms with E-state index in [0.29, 0.717) is 23.4 Å². The molecule has 2 aromatic rings. The topological polar surface area (TPSA) is 93.5 Å². The van der Waals surface area contributed by atoms with Gasteiger partial charge in [-0.1, -0.05) is 24.3 Å². The van der Waals surface area contributed by atoms with Crippen molar-refractivity contribution in [1.29, 1.82) is 0 Å². The Kier molecular flexibility index (Phi) is 4.97. The van der Waals surface area contributed by atoms with Crippen LogP contribution in [-0.4, -0.2) is 31.1 Å². The molecule has 0 aliphatic carbocycles. The smallest absolute Gasteiger partial charge is 0.259 e. The Morgan fingerprint density at radius 3 is 2.56 bits per heavy atom. The fraction of sp³-hybridized carbons (Fsp3) is 0.300. The second-order valence-electron chi connectivity index (χ2n) is 6.94. The number of amides is 1. The highest BCUT2D eigenvalue weighted by Crippen LogP contribution is 2.43. The SMILES string of the molecule is CC1(c2ccc(N=Cc3cccc(C(N)=O)c3N)cc2)CNCCC1(F)F. The number of carbonyl (C=O) groups is 1. The van der Waals surface area contributed by atoms with Crippen molar-refractivity contribution in [2.45, 2.75) is 24.7 Å². The zero-order chi connectivity index (χ0) is 19.7. The molecule has 1 heterocycles. The zero-order valence-electron chi connectivity index (χ0n) is 15.0. The summed E-state index contributed by atoms with van der Waals surface area (Å²) in [5.74, 6) is -3.38. The maximum absolute atomic E-state index is 14.4. The van der Waals surface area contributed by atoms with E-state index in [1.807, 2.05) is 0 Å². The molecule has 0 spiro atoms. The van der Waals surface area contributed by atoms with Gasteiger partial charge in [-0.3, -0.25) is 9.79 Å². The number of anilines is 1. The van der Waals surface area contributed by atoms with Gasteiger partial charge < -0.3 is 16.8 Å². The Hall–Kier alpha value is -2.80. The lowest BCUT2D eigenvalue weighted by Gasteiger charge is -2.42. The number of nitrogens with zero attached hydrogens (tertiary/aromatic N) is 1. The predicted molar refractivity (Wildman–Crippen MR) is 103 cm³/mol. The lowest BCUT2D eigenvalue weighted by atomic mass is 9.73. The minimum atomic E-state index is -2.77. The first-order valence-electron chi connectivity index (χ1n) is 8.66. The largest absolute Gasteiger partial charge is 0.398 e. The van der Waals surface area contributed by atoms with Crippen molar-refractivity contribution < 1.29 is 13.6 Å². The highest BCUT2D eigenvalue weighted by atomic mass is 19.3. The van der Waals surface area contributed by atoms with Crippen LogP contribution in [0.2, 0.25) is 0 Å². The second kappa shape index (κ2) is 7.08. The Balaban J connectivity index is 1.84. The summed E-state index contributed by atoms with van der Waals surface area (Å²) in [5.41, 5.74) is 12.2. The maximum Gasteiger partial charge on any atom is 0.259 e. The van der Waals surface area contributed by atoms with Crippen LogP contribution in [0.5, 0.6) is 0 Å². The standard InChI is InChI=1S/C20H22F2N4O/c1-19(12-25-10-9-20(19,21)22)14-5-7-15(8-6-14)26-11-13-3-2-4-16(17(13)23)18(24)27/h2-8,11,25H,9-10,12,23H2,1H3,(H2,24,27). The first-order valence-corrected chi connectivity index (χ1v) is 8.66. The summed E-state index contributed by atoms with van der Waals surface area (Å²) in [4.78, 5) is 15.7. The molecule has 1 atom stereocenters. The fourth-order valence-electron chi connectivity index (χ4n) is 3.27. The van der Waals surface area contributed by atoms with Crippen molar-refractivity contribution in [3.05, 3.63) is 59.2 Å². The highest BCUT2D eigenvalue weighted by Gasteiger charge is 2.52. The van der Waals surface area contributed by atoms with E-state index in [2.05, 4.69) is 10.3 Å². The number of hydrogen-bond acceptors (Lipinski definition) is 4. The number of alkyl halides is 2. The number of nitrogen functional groups attached to an aromatic ring is 1. The van der Waals surface area contributed by atoms with Crippen LogP contribution in [0.25, 0.3) is 0 Å². The summed E-state index contributed by atoms with van der Waals surface area (Å²) < 4.78 is 28.9. The van der Waals surface area contributed by atoms with Gasteiger partial charge in [0.05, 0.1) is 22.4 Å². The molecule has 1 fully saturated rings. The normalized spacial score (nSPS) is 22.0. The minimum Gasteiger partial charge on any atom is -0.398 e. The van der Waals surface area contributed by atoms with Crippen molar-refractivity contribution >= 4 is 23.5 Å². The highest BCUT2D eigenvalue weighted by molar-refractivity contribution is 6.02. The molecule has 1 saturated heterocycles. The number of primary amides is 1. The third-order valence-electron chi connectivity index (χ3n) is 5.16. The van der Waals surface area contributed by atoms with Crippen molar-refractivity contribution in [3.63, 3.8) is 0 Å². The van der Waals surface area contributed by atoms with Crippen LogP contribution in [-0.2, 0) is 5.41 Å². The molecule has 0 saturated carbocycles. The number of hydrogen-bond donors (Lipinski definition) is 3. The van der Waals surface area contributed by atoms with Crippen LogP contribution in [0.15, 0.2) is 47.5 Å². The van der Waals surface area contributed by atoms with Crippen LogP contribution < -0.4 is 16.8 Å². The fourth-order valence-corrected chi connectivity index (χ4v) is 3.27. The maximum atomic E-state index is 14.4. The van der Waals surface area contributed by atoms with E-state index in [4.69, 9.17) is 11.5 Å². The molecule has 142 valence electrons. The van der Waals surface area contributed by atoms with E-state index in [0.717, 1.165) is 0 Å². The average Bonchev–Trinajstić information content (AvgIpc) is 2.63. The molecular weight excluding hydrogens is 350 g/mol. The third kappa shape index (κ3) is 3.55. The monoisotopic (exact) mass is 372 g/mol. The van der Waals surface area contributed by atoms with E-state index in [9.17, 15) is 13.6 Å². The molecule has 27 heavy (non-hydrogen) atoms. The first kappa shape index (κ1) is 19.0. The van der Waals surface area contributed by atoms with Gasteiger partial charge >= 0.3 is 0 Å². The average molecular weight is 372 g/mol. The molecule has 3 rings (SSSR count). The summed E-state index contributed by atoms with van der Waals surface area (Å²) in [6, 6.07) is 11.7. The van der Waals surface area contributed by atoms with E-state index >= 15 is 0 Å². The van der Waals surface area contributed by atoms with Gasteiger partial charge in [-0.15, -0.1) is 0 Å². The summed E-state index contributed by atoms with van der Waals surface area (Å²) in [6.07, 6.45) is 1.34. The van der Waals surface area contributed by atoms with Gasteiger partial charge in [0.15, 0.2) is 0 Å². The van der Waals surface area contributed by atoms with E-state index in [1.165, 1.54) is 6.21 Å². The Morgan fingerprint density at radius 1 is 1.22 bits per heavy atom. The van der Waals surface area contributed by atoms with Gasteiger partial charge in [0, 0.05) is 31.3 Å². The van der Waals surface area contributed by atoms with Gasteiger partial charge in [-0.25, -0.2) is 8.78 Å². The second-order valence-corrected chi connectivity index (χ2v) is 6.94. The van der Waals surface area contributed by atoms with Crippen molar-refractivity contribution in [2.75, 3.05) is 18.8 Å². The number of aliphatic imine (C=N–C) groups is 1.